The third-order valence-corrected chi connectivity index (χ3v) is 2.65. The van der Waals surface area contributed by atoms with Crippen LogP contribution >= 0.6 is 0 Å². The van der Waals surface area contributed by atoms with E-state index in [1.807, 2.05) is 13.8 Å². The number of anilines is 1. The van der Waals surface area contributed by atoms with Gasteiger partial charge in [0.2, 0.25) is 0 Å². The van der Waals surface area contributed by atoms with E-state index < -0.39 is 11.9 Å². The molecule has 0 aliphatic carbocycles. The molecule has 0 aromatic carbocycles. The quantitative estimate of drug-likeness (QED) is 0.910. The van der Waals surface area contributed by atoms with Gasteiger partial charge in [0.05, 0.1) is 30.8 Å². The van der Waals surface area contributed by atoms with Crippen LogP contribution in [0.1, 0.15) is 32.6 Å². The van der Waals surface area contributed by atoms with Gasteiger partial charge in [0, 0.05) is 0 Å². The highest BCUT2D eigenvalue weighted by Gasteiger charge is 2.34. The Morgan fingerprint density at radius 2 is 2.37 bits per heavy atom. The predicted octanol–water partition coefficient (Wildman–Crippen LogP) is 2.47. The topological polar surface area (TPSA) is 69.7 Å². The van der Waals surface area contributed by atoms with Crippen LogP contribution in [0, 0.1) is 0 Å². The normalized spacial score (nSPS) is 21.1. The fourth-order valence-corrected chi connectivity index (χ4v) is 1.79. The molecule has 1 fully saturated rings. The molecule has 1 aromatic heterocycles. The van der Waals surface area contributed by atoms with E-state index in [9.17, 15) is 4.79 Å². The molecule has 1 aliphatic heterocycles. The zero-order valence-corrected chi connectivity index (χ0v) is 11.3. The van der Waals surface area contributed by atoms with Crippen LogP contribution < -0.4 is 5.32 Å². The first-order valence-corrected chi connectivity index (χ1v) is 6.21. The number of aromatic nitrogens is 1. The summed E-state index contributed by atoms with van der Waals surface area (Å²) in [7, 11) is 0. The summed E-state index contributed by atoms with van der Waals surface area (Å²) in [5.41, 5.74) is 1.36. The van der Waals surface area contributed by atoms with Gasteiger partial charge in [0.1, 0.15) is 6.10 Å². The lowest BCUT2D eigenvalue weighted by Crippen LogP contribution is -2.19. The molecule has 104 valence electrons. The minimum absolute atomic E-state index is 0.174. The van der Waals surface area contributed by atoms with Gasteiger partial charge < -0.3 is 14.2 Å². The summed E-state index contributed by atoms with van der Waals surface area (Å²) in [6.45, 7) is 6.29. The molecule has 0 saturated carbocycles. The van der Waals surface area contributed by atoms with E-state index in [4.69, 9.17) is 14.2 Å². The molecule has 2 heterocycles. The van der Waals surface area contributed by atoms with Crippen LogP contribution in [0.4, 0.5) is 10.5 Å². The first-order chi connectivity index (χ1) is 9.00. The molecular formula is C13H18N2O4. The Morgan fingerprint density at radius 1 is 1.58 bits per heavy atom. The smallest absolute Gasteiger partial charge is 0.411 e. The Labute approximate surface area is 112 Å². The molecule has 1 saturated heterocycles. The molecule has 1 amide bonds. The highest BCUT2D eigenvalue weighted by Crippen LogP contribution is 2.31. The molecule has 0 spiro atoms. The SMILES string of the molecule is CCOC(=O)Nc1ccc(C2COC(C)(C)O2)nc1. The van der Waals surface area contributed by atoms with Crippen LogP contribution in [0.15, 0.2) is 18.3 Å². The van der Waals surface area contributed by atoms with Gasteiger partial charge >= 0.3 is 6.09 Å². The summed E-state index contributed by atoms with van der Waals surface area (Å²) < 4.78 is 16.0. The van der Waals surface area contributed by atoms with Crippen LogP contribution in [0.25, 0.3) is 0 Å². The average Bonchev–Trinajstić information content (AvgIpc) is 2.71. The number of hydrogen-bond donors (Lipinski definition) is 1. The van der Waals surface area contributed by atoms with Crippen LogP contribution in [-0.4, -0.2) is 30.1 Å². The second-order valence-electron chi connectivity index (χ2n) is 4.63. The molecule has 0 radical (unpaired) electrons. The molecule has 1 N–H and O–H groups in total. The Morgan fingerprint density at radius 3 is 2.89 bits per heavy atom. The van der Waals surface area contributed by atoms with Crippen molar-refractivity contribution in [2.45, 2.75) is 32.7 Å². The summed E-state index contributed by atoms with van der Waals surface area (Å²) in [4.78, 5) is 15.5. The van der Waals surface area contributed by atoms with Crippen molar-refractivity contribution in [3.05, 3.63) is 24.0 Å². The molecule has 1 aliphatic rings. The van der Waals surface area contributed by atoms with Crippen molar-refractivity contribution in [1.82, 2.24) is 4.98 Å². The minimum Gasteiger partial charge on any atom is -0.450 e. The van der Waals surface area contributed by atoms with E-state index in [2.05, 4.69) is 10.3 Å². The Hall–Kier alpha value is -1.66. The first-order valence-electron chi connectivity index (χ1n) is 6.21. The highest BCUT2D eigenvalue weighted by atomic mass is 16.7. The molecule has 2 rings (SSSR count). The zero-order chi connectivity index (χ0) is 13.9. The maximum atomic E-state index is 11.2. The number of hydrogen-bond acceptors (Lipinski definition) is 5. The second kappa shape index (κ2) is 5.54. The van der Waals surface area contributed by atoms with Crippen molar-refractivity contribution in [3.63, 3.8) is 0 Å². The zero-order valence-electron chi connectivity index (χ0n) is 11.3. The lowest BCUT2D eigenvalue weighted by atomic mass is 10.2. The number of amides is 1. The number of nitrogens with one attached hydrogen (secondary N) is 1. The van der Waals surface area contributed by atoms with E-state index in [1.165, 1.54) is 0 Å². The second-order valence-corrected chi connectivity index (χ2v) is 4.63. The molecule has 1 atom stereocenters. The van der Waals surface area contributed by atoms with E-state index in [1.54, 1.807) is 25.3 Å². The lowest BCUT2D eigenvalue weighted by molar-refractivity contribution is -0.139. The van der Waals surface area contributed by atoms with Gasteiger partial charge in [0.25, 0.3) is 0 Å². The number of carbonyl (C=O) groups excluding carboxylic acids is 1. The summed E-state index contributed by atoms with van der Waals surface area (Å²) in [5.74, 6) is -0.575. The minimum atomic E-state index is -0.575. The van der Waals surface area contributed by atoms with E-state index in [0.717, 1.165) is 5.69 Å². The number of rotatable bonds is 3. The standard InChI is InChI=1S/C13H18N2O4/c1-4-17-12(16)15-9-5-6-10(14-7-9)11-8-18-13(2,3)19-11/h5-7,11H,4,8H2,1-3H3,(H,15,16). The fourth-order valence-electron chi connectivity index (χ4n) is 1.79. The predicted molar refractivity (Wildman–Crippen MR) is 68.7 cm³/mol. The van der Waals surface area contributed by atoms with Crippen LogP contribution in [0.5, 0.6) is 0 Å². The van der Waals surface area contributed by atoms with Gasteiger partial charge in [-0.05, 0) is 32.9 Å². The molecule has 1 aromatic rings. The number of pyridine rings is 1. The number of carbonyl (C=O) groups is 1. The molecule has 6 heteroatoms. The molecule has 19 heavy (non-hydrogen) atoms. The maximum Gasteiger partial charge on any atom is 0.411 e. The third-order valence-electron chi connectivity index (χ3n) is 2.65. The van der Waals surface area contributed by atoms with Gasteiger partial charge in [-0.3, -0.25) is 10.3 Å². The van der Waals surface area contributed by atoms with Crippen molar-refractivity contribution in [2.75, 3.05) is 18.5 Å². The molecule has 6 nitrogen and oxygen atoms in total. The van der Waals surface area contributed by atoms with Crippen molar-refractivity contribution < 1.29 is 19.0 Å². The van der Waals surface area contributed by atoms with Crippen molar-refractivity contribution in [1.29, 1.82) is 0 Å². The molecule has 1 unspecified atom stereocenters. The number of nitrogens with zero attached hydrogens (tertiary/aromatic N) is 1. The summed E-state index contributed by atoms with van der Waals surface area (Å²) in [5, 5.41) is 2.58. The summed E-state index contributed by atoms with van der Waals surface area (Å²) in [6, 6.07) is 3.56. The van der Waals surface area contributed by atoms with E-state index >= 15 is 0 Å². The van der Waals surface area contributed by atoms with Crippen LogP contribution in [0.2, 0.25) is 0 Å². The van der Waals surface area contributed by atoms with E-state index in [0.29, 0.717) is 18.9 Å². The Balaban J connectivity index is 1.97. The third kappa shape index (κ3) is 3.65. The van der Waals surface area contributed by atoms with Gasteiger partial charge in [0.15, 0.2) is 5.79 Å². The summed E-state index contributed by atoms with van der Waals surface area (Å²) >= 11 is 0. The Bertz CT molecular complexity index is 444. The Kier molecular flexibility index (Phi) is 4.01. The molecular weight excluding hydrogens is 248 g/mol. The maximum absolute atomic E-state index is 11.2. The van der Waals surface area contributed by atoms with Crippen molar-refractivity contribution in [3.8, 4) is 0 Å². The van der Waals surface area contributed by atoms with Gasteiger partial charge in [-0.25, -0.2) is 4.79 Å². The van der Waals surface area contributed by atoms with Crippen LogP contribution in [0.3, 0.4) is 0 Å². The van der Waals surface area contributed by atoms with Crippen molar-refractivity contribution >= 4 is 11.8 Å². The number of ether oxygens (including phenoxy) is 3. The van der Waals surface area contributed by atoms with Crippen LogP contribution in [-0.2, 0) is 14.2 Å². The molecule has 0 bridgehead atoms. The van der Waals surface area contributed by atoms with E-state index in [-0.39, 0.29) is 6.10 Å². The highest BCUT2D eigenvalue weighted by molar-refractivity contribution is 5.84. The lowest BCUT2D eigenvalue weighted by Gasteiger charge is -2.16. The van der Waals surface area contributed by atoms with Gasteiger partial charge in [-0.2, -0.15) is 0 Å². The fraction of sp³-hybridized carbons (Fsp3) is 0.538. The van der Waals surface area contributed by atoms with Crippen molar-refractivity contribution in [2.24, 2.45) is 0 Å². The van der Waals surface area contributed by atoms with Gasteiger partial charge in [-0.15, -0.1) is 0 Å². The first kappa shape index (κ1) is 13.8. The summed E-state index contributed by atoms with van der Waals surface area (Å²) in [6.07, 6.45) is 0.909. The van der Waals surface area contributed by atoms with Gasteiger partial charge in [-0.1, -0.05) is 0 Å². The monoisotopic (exact) mass is 266 g/mol. The average molecular weight is 266 g/mol. The largest absolute Gasteiger partial charge is 0.450 e.